The Balaban J connectivity index is 3.56. The average Bonchev–Trinajstić information content (AvgIpc) is 1.98. The molecule has 0 spiro atoms. The molecule has 4 nitrogen and oxygen atoms in total. The lowest BCUT2D eigenvalue weighted by atomic mass is 10.3. The lowest BCUT2D eigenvalue weighted by Gasteiger charge is -2.18. The second-order valence-electron chi connectivity index (χ2n) is 4.27. The van der Waals surface area contributed by atoms with Gasteiger partial charge in [-0.2, -0.15) is 0 Å². The maximum absolute atomic E-state index is 11.3. The van der Waals surface area contributed by atoms with Crippen molar-refractivity contribution in [1.29, 1.82) is 0 Å². The summed E-state index contributed by atoms with van der Waals surface area (Å²) >= 11 is 0. The van der Waals surface area contributed by atoms with E-state index in [1.165, 1.54) is 0 Å². The molecular formula is C10H23N3O. The zero-order valence-electron chi connectivity index (χ0n) is 9.92. The second-order valence-corrected chi connectivity index (χ2v) is 4.27. The van der Waals surface area contributed by atoms with E-state index < -0.39 is 0 Å². The van der Waals surface area contributed by atoms with Crippen LogP contribution < -0.4 is 10.6 Å². The molecule has 0 saturated carbocycles. The van der Waals surface area contributed by atoms with Crippen molar-refractivity contribution in [3.63, 3.8) is 0 Å². The molecular weight excluding hydrogens is 178 g/mol. The Hall–Kier alpha value is -0.610. The van der Waals surface area contributed by atoms with Gasteiger partial charge in [0.1, 0.15) is 0 Å². The van der Waals surface area contributed by atoms with Gasteiger partial charge in [0, 0.05) is 18.6 Å². The number of nitrogens with one attached hydrogen (secondary N) is 2. The third-order valence-electron chi connectivity index (χ3n) is 1.70. The summed E-state index contributed by atoms with van der Waals surface area (Å²) in [5.41, 5.74) is 0. The van der Waals surface area contributed by atoms with Crippen molar-refractivity contribution in [2.24, 2.45) is 0 Å². The van der Waals surface area contributed by atoms with Crippen LogP contribution in [0.3, 0.4) is 0 Å². The van der Waals surface area contributed by atoms with Gasteiger partial charge in [-0.1, -0.05) is 0 Å². The van der Waals surface area contributed by atoms with Crippen molar-refractivity contribution in [3.8, 4) is 0 Å². The van der Waals surface area contributed by atoms with Crippen LogP contribution in [0.15, 0.2) is 0 Å². The number of hydrogen-bond donors (Lipinski definition) is 2. The van der Waals surface area contributed by atoms with Gasteiger partial charge in [-0.05, 0) is 34.9 Å². The van der Waals surface area contributed by atoms with Crippen LogP contribution in [0.2, 0.25) is 0 Å². The zero-order valence-corrected chi connectivity index (χ0v) is 9.92. The summed E-state index contributed by atoms with van der Waals surface area (Å²) < 4.78 is 0. The van der Waals surface area contributed by atoms with Crippen molar-refractivity contribution in [1.82, 2.24) is 15.5 Å². The lowest BCUT2D eigenvalue weighted by molar-refractivity contribution is -0.120. The molecule has 0 saturated heterocycles. The summed E-state index contributed by atoms with van der Waals surface area (Å²) in [4.78, 5) is 13.4. The first-order valence-electron chi connectivity index (χ1n) is 5.09. The Morgan fingerprint density at radius 1 is 1.29 bits per heavy atom. The molecule has 1 amide bonds. The molecule has 0 aromatic rings. The van der Waals surface area contributed by atoms with Gasteiger partial charge in [0.25, 0.3) is 0 Å². The summed E-state index contributed by atoms with van der Waals surface area (Å²) in [6.45, 7) is 7.33. The molecule has 0 heterocycles. The molecule has 0 bridgehead atoms. The fourth-order valence-electron chi connectivity index (χ4n) is 1.25. The minimum atomic E-state index is 0.0607. The fourth-order valence-corrected chi connectivity index (χ4v) is 1.25. The van der Waals surface area contributed by atoms with E-state index in [1.807, 2.05) is 27.9 Å². The van der Waals surface area contributed by atoms with Crippen molar-refractivity contribution < 1.29 is 4.79 Å². The fraction of sp³-hybridized carbons (Fsp3) is 0.900. The molecule has 0 rings (SSSR count). The smallest absolute Gasteiger partial charge is 0.234 e. The minimum absolute atomic E-state index is 0.0607. The number of carbonyl (C=O) groups excluding carboxylic acids is 1. The van der Waals surface area contributed by atoms with E-state index in [1.54, 1.807) is 0 Å². The molecule has 0 radical (unpaired) electrons. The van der Waals surface area contributed by atoms with Gasteiger partial charge in [-0.3, -0.25) is 4.79 Å². The topological polar surface area (TPSA) is 44.4 Å². The number of carbonyl (C=O) groups is 1. The van der Waals surface area contributed by atoms with Gasteiger partial charge in [0.05, 0.1) is 6.54 Å². The molecule has 1 atom stereocenters. The molecule has 0 aromatic heterocycles. The van der Waals surface area contributed by atoms with E-state index in [0.717, 1.165) is 6.54 Å². The number of amides is 1. The standard InChI is InChI=1S/C10H23N3O/c1-8(2)12-10(14)6-11-9(3)7-13(4)5/h8-9,11H,6-7H2,1-5H3,(H,12,14)/t9-/m1/s1. The van der Waals surface area contributed by atoms with Crippen LogP contribution >= 0.6 is 0 Å². The maximum Gasteiger partial charge on any atom is 0.234 e. The SMILES string of the molecule is CC(C)NC(=O)CN[C@H](C)CN(C)C. The first-order chi connectivity index (χ1) is 6.41. The van der Waals surface area contributed by atoms with Gasteiger partial charge >= 0.3 is 0 Å². The predicted molar refractivity (Wildman–Crippen MR) is 59.3 cm³/mol. The summed E-state index contributed by atoms with van der Waals surface area (Å²) in [6.07, 6.45) is 0. The van der Waals surface area contributed by atoms with Crippen LogP contribution in [0, 0.1) is 0 Å². The number of nitrogens with zero attached hydrogens (tertiary/aromatic N) is 1. The highest BCUT2D eigenvalue weighted by molar-refractivity contribution is 5.78. The Morgan fingerprint density at radius 2 is 1.86 bits per heavy atom. The minimum Gasteiger partial charge on any atom is -0.353 e. The Bertz CT molecular complexity index is 169. The highest BCUT2D eigenvalue weighted by Crippen LogP contribution is 1.84. The van der Waals surface area contributed by atoms with E-state index in [0.29, 0.717) is 12.6 Å². The Labute approximate surface area is 87.0 Å². The van der Waals surface area contributed by atoms with E-state index in [4.69, 9.17) is 0 Å². The van der Waals surface area contributed by atoms with E-state index >= 15 is 0 Å². The van der Waals surface area contributed by atoms with Crippen LogP contribution in [-0.2, 0) is 4.79 Å². The van der Waals surface area contributed by atoms with Gasteiger partial charge in [-0.25, -0.2) is 0 Å². The maximum atomic E-state index is 11.3. The Kier molecular flexibility index (Phi) is 6.49. The van der Waals surface area contributed by atoms with E-state index in [2.05, 4.69) is 22.5 Å². The quantitative estimate of drug-likeness (QED) is 0.638. The molecule has 14 heavy (non-hydrogen) atoms. The molecule has 0 fully saturated rings. The molecule has 0 unspecified atom stereocenters. The molecule has 0 aliphatic carbocycles. The summed E-state index contributed by atoms with van der Waals surface area (Å²) in [7, 11) is 4.04. The van der Waals surface area contributed by atoms with Gasteiger partial charge in [0.15, 0.2) is 0 Å². The van der Waals surface area contributed by atoms with Gasteiger partial charge in [-0.15, -0.1) is 0 Å². The molecule has 0 aromatic carbocycles. The van der Waals surface area contributed by atoms with Crippen LogP contribution in [0.25, 0.3) is 0 Å². The molecule has 0 aliphatic heterocycles. The van der Waals surface area contributed by atoms with Gasteiger partial charge in [0.2, 0.25) is 5.91 Å². The zero-order chi connectivity index (χ0) is 11.1. The number of hydrogen-bond acceptors (Lipinski definition) is 3. The lowest BCUT2D eigenvalue weighted by Crippen LogP contribution is -2.43. The third kappa shape index (κ3) is 8.01. The molecule has 84 valence electrons. The number of rotatable bonds is 6. The predicted octanol–water partition coefficient (Wildman–Crippen LogP) is 0.0507. The molecule has 2 N–H and O–H groups in total. The largest absolute Gasteiger partial charge is 0.353 e. The van der Waals surface area contributed by atoms with Crippen LogP contribution in [-0.4, -0.2) is 50.1 Å². The first-order valence-corrected chi connectivity index (χ1v) is 5.09. The van der Waals surface area contributed by atoms with Crippen LogP contribution in [0.4, 0.5) is 0 Å². The van der Waals surface area contributed by atoms with E-state index in [9.17, 15) is 4.79 Å². The van der Waals surface area contributed by atoms with Crippen molar-refractivity contribution in [2.45, 2.75) is 32.9 Å². The highest BCUT2D eigenvalue weighted by Gasteiger charge is 2.06. The van der Waals surface area contributed by atoms with Gasteiger partial charge < -0.3 is 15.5 Å². The summed E-state index contributed by atoms with van der Waals surface area (Å²) in [5, 5.41) is 6.00. The van der Waals surface area contributed by atoms with Crippen molar-refractivity contribution in [2.75, 3.05) is 27.2 Å². The third-order valence-corrected chi connectivity index (χ3v) is 1.70. The second kappa shape index (κ2) is 6.79. The van der Waals surface area contributed by atoms with Crippen LogP contribution in [0.1, 0.15) is 20.8 Å². The van der Waals surface area contributed by atoms with E-state index in [-0.39, 0.29) is 11.9 Å². The van der Waals surface area contributed by atoms with Crippen molar-refractivity contribution in [3.05, 3.63) is 0 Å². The average molecular weight is 201 g/mol. The van der Waals surface area contributed by atoms with Crippen LogP contribution in [0.5, 0.6) is 0 Å². The summed E-state index contributed by atoms with van der Waals surface area (Å²) in [6, 6.07) is 0.552. The summed E-state index contributed by atoms with van der Waals surface area (Å²) in [5.74, 6) is 0.0607. The molecule has 4 heteroatoms. The first kappa shape index (κ1) is 13.4. The monoisotopic (exact) mass is 201 g/mol. The molecule has 0 aliphatic rings. The number of likely N-dealkylation sites (N-methyl/N-ethyl adjacent to an activating group) is 1. The highest BCUT2D eigenvalue weighted by atomic mass is 16.1. The van der Waals surface area contributed by atoms with Crippen molar-refractivity contribution >= 4 is 5.91 Å². The Morgan fingerprint density at radius 3 is 2.29 bits per heavy atom. The normalized spacial score (nSPS) is 13.4.